The maximum Gasteiger partial charge on any atom is 0.472 e. The van der Waals surface area contributed by atoms with Crippen LogP contribution in [0.25, 0.3) is 0 Å². The Morgan fingerprint density at radius 3 is 0.759 bits per heavy atom. The lowest BCUT2D eigenvalue weighted by molar-refractivity contribution is -0.161. The number of aliphatic hydroxyl groups is 1. The van der Waals surface area contributed by atoms with E-state index in [2.05, 4.69) is 161 Å². The van der Waals surface area contributed by atoms with Crippen molar-refractivity contribution in [3.8, 4) is 0 Å². The molecule has 0 spiro atoms. The molecule has 620 valence electrons. The summed E-state index contributed by atoms with van der Waals surface area (Å²) in [5.74, 6) is -2.21. The van der Waals surface area contributed by atoms with Crippen molar-refractivity contribution in [1.29, 1.82) is 0 Å². The molecular formula is C89H152O17P2. The van der Waals surface area contributed by atoms with E-state index in [9.17, 15) is 43.2 Å². The molecule has 0 aliphatic heterocycles. The maximum atomic E-state index is 13.1. The Labute approximate surface area is 656 Å². The molecule has 3 N–H and O–H groups in total. The smallest absolute Gasteiger partial charge is 0.462 e. The van der Waals surface area contributed by atoms with Crippen molar-refractivity contribution in [1.82, 2.24) is 0 Å². The quantitative estimate of drug-likeness (QED) is 0.0169. The molecule has 0 saturated carbocycles. The van der Waals surface area contributed by atoms with Crippen LogP contribution in [0.4, 0.5) is 0 Å². The fourth-order valence-electron chi connectivity index (χ4n) is 11.2. The standard InChI is InChI=1S/C89H152O17P2/c1-5-9-13-17-21-25-29-32-35-38-41-44-47-50-54-57-61-65-69-73-86(91)99-79-84(105-88(93)75-71-67-63-59-53-28-24-20-16-12-8-4)81-103-107(95,96)101-77-83(90)78-102-108(97,98)104-82-85(106-89(94)76-72-68-64-60-56-52-49-46-43-40-37-34-31-27-23-19-15-11-7-3)80-100-87(92)74-70-66-62-58-55-51-48-45-42-39-36-33-30-26-22-18-14-10-6-2/h10-11,14-15,21-23,25-27,32-37,41-46,83-85,90H,5-9,12-13,16-20,24,28-31,38-40,47-82H2,1-4H3,(H,95,96)(H,97,98)/b14-10-,15-11-,25-21-,26-22-,27-23-,35-32-,36-33-,37-34-,44-41-,45-42-,46-43-. The lowest BCUT2D eigenvalue weighted by Crippen LogP contribution is -2.30. The van der Waals surface area contributed by atoms with Gasteiger partial charge in [0.15, 0.2) is 12.2 Å². The van der Waals surface area contributed by atoms with Crippen LogP contribution in [0, 0.1) is 0 Å². The highest BCUT2D eigenvalue weighted by Crippen LogP contribution is 2.45. The molecule has 0 heterocycles. The summed E-state index contributed by atoms with van der Waals surface area (Å²) in [5.41, 5.74) is 0. The van der Waals surface area contributed by atoms with E-state index in [1.165, 1.54) is 57.8 Å². The minimum atomic E-state index is -4.99. The van der Waals surface area contributed by atoms with Crippen LogP contribution in [0.3, 0.4) is 0 Å². The number of rotatable bonds is 79. The second-order valence-corrected chi connectivity index (χ2v) is 30.9. The van der Waals surface area contributed by atoms with Crippen molar-refractivity contribution in [2.24, 2.45) is 0 Å². The van der Waals surface area contributed by atoms with Gasteiger partial charge in [0.1, 0.15) is 19.3 Å². The molecule has 17 nitrogen and oxygen atoms in total. The lowest BCUT2D eigenvalue weighted by Gasteiger charge is -2.21. The zero-order valence-corrected chi connectivity index (χ0v) is 69.8. The number of hydrogen-bond donors (Lipinski definition) is 3. The van der Waals surface area contributed by atoms with Crippen molar-refractivity contribution < 1.29 is 80.2 Å². The first-order valence-electron chi connectivity index (χ1n) is 42.4. The number of unbranched alkanes of at least 4 members (excludes halogenated alkanes) is 31. The van der Waals surface area contributed by atoms with Crippen LogP contribution in [0.15, 0.2) is 134 Å². The summed E-state index contributed by atoms with van der Waals surface area (Å²) >= 11 is 0. The van der Waals surface area contributed by atoms with Gasteiger partial charge in [-0.2, -0.15) is 0 Å². The third-order valence-electron chi connectivity index (χ3n) is 17.6. The monoisotopic (exact) mass is 1560 g/mol. The Balaban J connectivity index is 5.36. The molecule has 0 bridgehead atoms. The van der Waals surface area contributed by atoms with Crippen molar-refractivity contribution in [3.05, 3.63) is 134 Å². The molecule has 5 atom stereocenters. The van der Waals surface area contributed by atoms with E-state index in [-0.39, 0.29) is 25.7 Å². The fraction of sp³-hybridized carbons (Fsp3) is 0.708. The number of aliphatic hydroxyl groups excluding tert-OH is 1. The number of esters is 4. The molecule has 0 aromatic heterocycles. The summed E-state index contributed by atoms with van der Waals surface area (Å²) < 4.78 is 68.8. The molecule has 108 heavy (non-hydrogen) atoms. The summed E-state index contributed by atoms with van der Waals surface area (Å²) in [6.07, 6.45) is 91.2. The predicted octanol–water partition coefficient (Wildman–Crippen LogP) is 25.2. The topological polar surface area (TPSA) is 237 Å². The average Bonchev–Trinajstić information content (AvgIpc) is 0.917. The summed E-state index contributed by atoms with van der Waals surface area (Å²) in [4.78, 5) is 73.2. The predicted molar refractivity (Wildman–Crippen MR) is 445 cm³/mol. The van der Waals surface area contributed by atoms with E-state index >= 15 is 0 Å². The Hall–Kier alpha value is -4.80. The zero-order valence-electron chi connectivity index (χ0n) is 68.0. The number of phosphoric acid groups is 2. The van der Waals surface area contributed by atoms with Crippen molar-refractivity contribution >= 4 is 39.5 Å². The molecule has 0 amide bonds. The second kappa shape index (κ2) is 80.3. The number of hydrogen-bond acceptors (Lipinski definition) is 15. The van der Waals surface area contributed by atoms with Gasteiger partial charge in [-0.15, -0.1) is 0 Å². The molecule has 0 rings (SSSR count). The first-order chi connectivity index (χ1) is 52.7. The summed E-state index contributed by atoms with van der Waals surface area (Å²) in [5, 5.41) is 10.7. The zero-order chi connectivity index (χ0) is 78.9. The second-order valence-electron chi connectivity index (χ2n) is 28.0. The SMILES string of the molecule is CC/C=C\C/C=C\C/C=C\C/C=C\CCCCCCCCC(=O)OCC(COP(=O)(O)OCC(O)COP(=O)(O)OCC(COC(=O)CCCCCCCC/C=C\C/C=C\C/C=C\CCCCC)OC(=O)CCCCCCCCCCCCC)OC(=O)CCCCCCCC/C=C\C/C=C\C/C=C\C/C=C\CC. The minimum absolute atomic E-state index is 0.0725. The van der Waals surface area contributed by atoms with Gasteiger partial charge < -0.3 is 33.8 Å². The number of allylic oxidation sites excluding steroid dienone is 22. The van der Waals surface area contributed by atoms with E-state index in [4.69, 9.17) is 37.0 Å². The van der Waals surface area contributed by atoms with Crippen molar-refractivity contribution in [2.45, 2.75) is 367 Å². The van der Waals surface area contributed by atoms with Crippen LogP contribution in [0.2, 0.25) is 0 Å². The van der Waals surface area contributed by atoms with Crippen LogP contribution in [-0.4, -0.2) is 96.7 Å². The molecule has 0 fully saturated rings. The molecule has 19 heteroatoms. The lowest BCUT2D eigenvalue weighted by atomic mass is 10.1. The highest BCUT2D eigenvalue weighted by Gasteiger charge is 2.30. The van der Waals surface area contributed by atoms with Crippen LogP contribution in [-0.2, 0) is 65.4 Å². The first-order valence-corrected chi connectivity index (χ1v) is 45.4. The normalized spacial score (nSPS) is 14.5. The summed E-state index contributed by atoms with van der Waals surface area (Å²) in [6.45, 7) is 4.61. The van der Waals surface area contributed by atoms with E-state index in [0.717, 1.165) is 212 Å². The molecule has 0 aliphatic rings. The van der Waals surface area contributed by atoms with Gasteiger partial charge in [-0.05, 0) is 141 Å². The molecule has 0 aromatic carbocycles. The Morgan fingerprint density at radius 2 is 0.481 bits per heavy atom. The number of carbonyl (C=O) groups excluding carboxylic acids is 4. The summed E-state index contributed by atoms with van der Waals surface area (Å²) in [7, 11) is -9.97. The minimum Gasteiger partial charge on any atom is -0.462 e. The van der Waals surface area contributed by atoms with Gasteiger partial charge in [-0.25, -0.2) is 9.13 Å². The van der Waals surface area contributed by atoms with Crippen LogP contribution in [0.5, 0.6) is 0 Å². The first kappa shape index (κ1) is 103. The third-order valence-corrected chi connectivity index (χ3v) is 19.5. The molecule has 0 aliphatic carbocycles. The molecule has 0 saturated heterocycles. The third kappa shape index (κ3) is 79.3. The Kier molecular flexibility index (Phi) is 76.7. The van der Waals surface area contributed by atoms with Crippen LogP contribution >= 0.6 is 15.6 Å². The van der Waals surface area contributed by atoms with E-state index < -0.39 is 97.5 Å². The van der Waals surface area contributed by atoms with Crippen molar-refractivity contribution in [2.75, 3.05) is 39.6 Å². The Morgan fingerprint density at radius 1 is 0.269 bits per heavy atom. The van der Waals surface area contributed by atoms with Gasteiger partial charge in [0.05, 0.1) is 26.4 Å². The van der Waals surface area contributed by atoms with Gasteiger partial charge >= 0.3 is 39.5 Å². The Bertz CT molecular complexity index is 2560. The van der Waals surface area contributed by atoms with Gasteiger partial charge in [0, 0.05) is 25.7 Å². The average molecular weight is 1560 g/mol. The number of phosphoric ester groups is 2. The van der Waals surface area contributed by atoms with E-state index in [1.807, 2.05) is 0 Å². The van der Waals surface area contributed by atoms with Crippen LogP contribution < -0.4 is 0 Å². The van der Waals surface area contributed by atoms with Crippen LogP contribution in [0.1, 0.15) is 349 Å². The van der Waals surface area contributed by atoms with Gasteiger partial charge in [0.2, 0.25) is 0 Å². The molecule has 5 unspecified atom stereocenters. The van der Waals surface area contributed by atoms with E-state index in [0.29, 0.717) is 25.7 Å². The number of carbonyl (C=O) groups is 4. The van der Waals surface area contributed by atoms with E-state index in [1.54, 1.807) is 0 Å². The highest BCUT2D eigenvalue weighted by molar-refractivity contribution is 7.47. The fourth-order valence-corrected chi connectivity index (χ4v) is 12.8. The van der Waals surface area contributed by atoms with Gasteiger partial charge in [-0.1, -0.05) is 315 Å². The van der Waals surface area contributed by atoms with Gasteiger partial charge in [0.25, 0.3) is 0 Å². The maximum absolute atomic E-state index is 13.1. The molecular weight excluding hydrogens is 1400 g/mol. The van der Waals surface area contributed by atoms with Gasteiger partial charge in [-0.3, -0.25) is 37.3 Å². The summed E-state index contributed by atoms with van der Waals surface area (Å²) in [6, 6.07) is 0. The largest absolute Gasteiger partial charge is 0.472 e. The molecule has 0 radical (unpaired) electrons. The van der Waals surface area contributed by atoms with Crippen molar-refractivity contribution in [3.63, 3.8) is 0 Å². The molecule has 0 aromatic rings. The highest BCUT2D eigenvalue weighted by atomic mass is 31.2. The number of ether oxygens (including phenoxy) is 4.